The second-order valence-electron chi connectivity index (χ2n) is 6.36. The SMILES string of the molecule is CC(C)NCc1ccc(Cl)cc1N1CCCC(C)C1C. The van der Waals surface area contributed by atoms with E-state index in [4.69, 9.17) is 11.6 Å². The van der Waals surface area contributed by atoms with E-state index < -0.39 is 0 Å². The summed E-state index contributed by atoms with van der Waals surface area (Å²) in [5, 5.41) is 4.35. The van der Waals surface area contributed by atoms with Crippen LogP contribution in [0.1, 0.15) is 46.1 Å². The first-order valence-corrected chi connectivity index (χ1v) is 8.15. The number of rotatable bonds is 4. The van der Waals surface area contributed by atoms with E-state index >= 15 is 0 Å². The van der Waals surface area contributed by atoms with Crippen LogP contribution in [-0.4, -0.2) is 18.6 Å². The normalized spacial score (nSPS) is 23.4. The van der Waals surface area contributed by atoms with Crippen molar-refractivity contribution in [1.82, 2.24) is 5.32 Å². The van der Waals surface area contributed by atoms with Gasteiger partial charge in [-0.3, -0.25) is 0 Å². The van der Waals surface area contributed by atoms with Crippen LogP contribution in [0.3, 0.4) is 0 Å². The lowest BCUT2D eigenvalue weighted by Gasteiger charge is -2.40. The summed E-state index contributed by atoms with van der Waals surface area (Å²) in [6, 6.07) is 7.38. The molecule has 0 radical (unpaired) electrons. The van der Waals surface area contributed by atoms with Gasteiger partial charge in [0.15, 0.2) is 0 Å². The van der Waals surface area contributed by atoms with Gasteiger partial charge in [0.05, 0.1) is 0 Å². The number of nitrogens with one attached hydrogen (secondary N) is 1. The van der Waals surface area contributed by atoms with E-state index in [2.05, 4.69) is 50.0 Å². The van der Waals surface area contributed by atoms with Crippen molar-refractivity contribution in [3.05, 3.63) is 28.8 Å². The van der Waals surface area contributed by atoms with Crippen LogP contribution in [0.2, 0.25) is 5.02 Å². The summed E-state index contributed by atoms with van der Waals surface area (Å²) < 4.78 is 0. The number of nitrogens with zero attached hydrogens (tertiary/aromatic N) is 1. The van der Waals surface area contributed by atoms with Gasteiger partial charge in [-0.05, 0) is 43.4 Å². The predicted molar refractivity (Wildman–Crippen MR) is 88.6 cm³/mol. The molecular formula is C17H27ClN2. The van der Waals surface area contributed by atoms with Gasteiger partial charge >= 0.3 is 0 Å². The van der Waals surface area contributed by atoms with Crippen molar-refractivity contribution in [1.29, 1.82) is 0 Å². The first-order chi connectivity index (χ1) is 9.49. The largest absolute Gasteiger partial charge is 0.368 e. The number of piperidine rings is 1. The van der Waals surface area contributed by atoms with Crippen LogP contribution in [0.15, 0.2) is 18.2 Å². The smallest absolute Gasteiger partial charge is 0.0429 e. The molecule has 1 aromatic rings. The van der Waals surface area contributed by atoms with E-state index in [1.54, 1.807) is 0 Å². The predicted octanol–water partition coefficient (Wildman–Crippen LogP) is 4.46. The molecule has 1 saturated heterocycles. The van der Waals surface area contributed by atoms with Gasteiger partial charge in [-0.1, -0.05) is 38.4 Å². The van der Waals surface area contributed by atoms with Crippen LogP contribution in [0.5, 0.6) is 0 Å². The molecule has 1 aromatic carbocycles. The Kier molecular flexibility index (Phi) is 5.34. The van der Waals surface area contributed by atoms with Crippen molar-refractivity contribution in [3.63, 3.8) is 0 Å². The zero-order valence-corrected chi connectivity index (χ0v) is 13.9. The molecule has 20 heavy (non-hydrogen) atoms. The van der Waals surface area contributed by atoms with E-state index in [0.29, 0.717) is 12.1 Å². The van der Waals surface area contributed by atoms with Gasteiger partial charge in [0.2, 0.25) is 0 Å². The van der Waals surface area contributed by atoms with Crippen molar-refractivity contribution in [3.8, 4) is 0 Å². The van der Waals surface area contributed by atoms with E-state index in [1.807, 2.05) is 6.07 Å². The number of benzene rings is 1. The lowest BCUT2D eigenvalue weighted by atomic mass is 9.91. The Hall–Kier alpha value is -0.730. The minimum atomic E-state index is 0.497. The zero-order chi connectivity index (χ0) is 14.7. The Morgan fingerprint density at radius 2 is 2.10 bits per heavy atom. The van der Waals surface area contributed by atoms with Crippen LogP contribution in [0.25, 0.3) is 0 Å². The highest BCUT2D eigenvalue weighted by Crippen LogP contribution is 2.32. The first-order valence-electron chi connectivity index (χ1n) is 7.77. The molecule has 1 N–H and O–H groups in total. The van der Waals surface area contributed by atoms with Gasteiger partial charge in [-0.2, -0.15) is 0 Å². The van der Waals surface area contributed by atoms with Gasteiger partial charge in [-0.25, -0.2) is 0 Å². The Morgan fingerprint density at radius 1 is 1.35 bits per heavy atom. The maximum Gasteiger partial charge on any atom is 0.0429 e. The van der Waals surface area contributed by atoms with Crippen molar-refractivity contribution in [2.24, 2.45) is 5.92 Å². The molecular weight excluding hydrogens is 268 g/mol. The molecule has 1 heterocycles. The maximum atomic E-state index is 6.24. The molecule has 3 heteroatoms. The van der Waals surface area contributed by atoms with Gasteiger partial charge in [0.25, 0.3) is 0 Å². The fraction of sp³-hybridized carbons (Fsp3) is 0.647. The Balaban J connectivity index is 2.26. The van der Waals surface area contributed by atoms with E-state index in [1.165, 1.54) is 24.1 Å². The first kappa shape index (κ1) is 15.7. The van der Waals surface area contributed by atoms with Crippen molar-refractivity contribution in [2.45, 2.75) is 59.2 Å². The minimum Gasteiger partial charge on any atom is -0.368 e. The third kappa shape index (κ3) is 3.67. The van der Waals surface area contributed by atoms with E-state index in [0.717, 1.165) is 24.0 Å². The van der Waals surface area contributed by atoms with Crippen LogP contribution in [-0.2, 0) is 6.54 Å². The van der Waals surface area contributed by atoms with Crippen LogP contribution >= 0.6 is 11.6 Å². The highest BCUT2D eigenvalue weighted by atomic mass is 35.5. The average Bonchev–Trinajstić information content (AvgIpc) is 2.40. The second-order valence-corrected chi connectivity index (χ2v) is 6.80. The molecule has 0 spiro atoms. The minimum absolute atomic E-state index is 0.497. The molecule has 112 valence electrons. The third-order valence-electron chi connectivity index (χ3n) is 4.43. The summed E-state index contributed by atoms with van der Waals surface area (Å²) in [5.41, 5.74) is 2.66. The number of halogens is 1. The zero-order valence-electron chi connectivity index (χ0n) is 13.1. The molecule has 0 bridgehead atoms. The van der Waals surface area contributed by atoms with Crippen molar-refractivity contribution >= 4 is 17.3 Å². The lowest BCUT2D eigenvalue weighted by molar-refractivity contribution is 0.363. The van der Waals surface area contributed by atoms with Gasteiger partial charge < -0.3 is 10.2 Å². The summed E-state index contributed by atoms with van der Waals surface area (Å²) in [7, 11) is 0. The fourth-order valence-electron chi connectivity index (χ4n) is 2.94. The van der Waals surface area contributed by atoms with E-state index in [-0.39, 0.29) is 0 Å². The number of anilines is 1. The monoisotopic (exact) mass is 294 g/mol. The molecule has 1 aliphatic heterocycles. The molecule has 2 unspecified atom stereocenters. The van der Waals surface area contributed by atoms with Crippen molar-refractivity contribution in [2.75, 3.05) is 11.4 Å². The topological polar surface area (TPSA) is 15.3 Å². The molecule has 0 amide bonds. The molecule has 0 aliphatic carbocycles. The molecule has 1 aliphatic rings. The number of hydrogen-bond acceptors (Lipinski definition) is 2. The number of hydrogen-bond donors (Lipinski definition) is 1. The Morgan fingerprint density at radius 3 is 2.80 bits per heavy atom. The third-order valence-corrected chi connectivity index (χ3v) is 4.67. The lowest BCUT2D eigenvalue weighted by Crippen LogP contribution is -2.43. The molecule has 1 fully saturated rings. The highest BCUT2D eigenvalue weighted by Gasteiger charge is 2.26. The average molecular weight is 295 g/mol. The van der Waals surface area contributed by atoms with E-state index in [9.17, 15) is 0 Å². The summed E-state index contributed by atoms with van der Waals surface area (Å²) in [6.07, 6.45) is 2.60. The summed E-state index contributed by atoms with van der Waals surface area (Å²) >= 11 is 6.24. The van der Waals surface area contributed by atoms with Gasteiger partial charge in [-0.15, -0.1) is 0 Å². The second kappa shape index (κ2) is 6.82. The molecule has 0 aromatic heterocycles. The maximum absolute atomic E-state index is 6.24. The Bertz CT molecular complexity index is 445. The van der Waals surface area contributed by atoms with Crippen LogP contribution in [0, 0.1) is 5.92 Å². The summed E-state index contributed by atoms with van der Waals surface area (Å²) in [5.74, 6) is 0.744. The van der Waals surface area contributed by atoms with Gasteiger partial charge in [0.1, 0.15) is 0 Å². The highest BCUT2D eigenvalue weighted by molar-refractivity contribution is 6.30. The van der Waals surface area contributed by atoms with Crippen LogP contribution < -0.4 is 10.2 Å². The summed E-state index contributed by atoms with van der Waals surface area (Å²) in [6.45, 7) is 11.1. The molecule has 2 nitrogen and oxygen atoms in total. The Labute approximate surface area is 128 Å². The van der Waals surface area contributed by atoms with Crippen molar-refractivity contribution < 1.29 is 0 Å². The molecule has 2 atom stereocenters. The fourth-order valence-corrected chi connectivity index (χ4v) is 3.11. The van der Waals surface area contributed by atoms with Crippen LogP contribution in [0.4, 0.5) is 5.69 Å². The summed E-state index contributed by atoms with van der Waals surface area (Å²) in [4.78, 5) is 2.54. The molecule has 2 rings (SSSR count). The standard InChI is InChI=1S/C17H27ClN2/c1-12(2)19-11-15-7-8-16(18)10-17(15)20-9-5-6-13(3)14(20)4/h7-8,10,12-14,19H,5-6,9,11H2,1-4H3. The molecule has 0 saturated carbocycles. The van der Waals surface area contributed by atoms with Gasteiger partial charge in [0, 0.05) is 35.9 Å². The quantitative estimate of drug-likeness (QED) is 0.882.